The summed E-state index contributed by atoms with van der Waals surface area (Å²) in [6.07, 6.45) is 2.85. The first kappa shape index (κ1) is 26.4. The standard InChI is InChI=1S/C15H13FN4O2S.3C2H6/c1-2-11-3-5-12(6-4-11)15-18-10-20(19-15)23(21,22)14-8-7-13(16)9-17-14;3*1-2/h3-10H,2H2,1H3;3*1-2H3. The number of benzene rings is 1. The number of hydrogen-bond acceptors (Lipinski definition) is 5. The second-order valence-corrected chi connectivity index (χ2v) is 6.55. The Morgan fingerprint density at radius 3 is 1.97 bits per heavy atom. The molecule has 0 atom stereocenters. The topological polar surface area (TPSA) is 77.7 Å². The van der Waals surface area contributed by atoms with Gasteiger partial charge in [0.15, 0.2) is 10.9 Å². The Labute approximate surface area is 173 Å². The first-order chi connectivity index (χ1) is 14.0. The summed E-state index contributed by atoms with van der Waals surface area (Å²) in [4.78, 5) is 7.60. The molecule has 0 saturated carbocycles. The predicted molar refractivity (Wildman–Crippen MR) is 116 cm³/mol. The summed E-state index contributed by atoms with van der Waals surface area (Å²) in [7, 11) is -3.99. The number of rotatable bonds is 4. The molecule has 0 amide bonds. The van der Waals surface area contributed by atoms with Crippen molar-refractivity contribution in [2.75, 3.05) is 0 Å². The molecule has 0 aliphatic rings. The van der Waals surface area contributed by atoms with Crippen LogP contribution in [0.5, 0.6) is 0 Å². The van der Waals surface area contributed by atoms with Gasteiger partial charge in [-0.1, -0.05) is 72.7 Å². The number of halogens is 1. The van der Waals surface area contributed by atoms with E-state index in [-0.39, 0.29) is 5.03 Å². The molecule has 29 heavy (non-hydrogen) atoms. The summed E-state index contributed by atoms with van der Waals surface area (Å²) in [5, 5.41) is 3.70. The monoisotopic (exact) mass is 422 g/mol. The first-order valence-electron chi connectivity index (χ1n) is 9.89. The highest BCUT2D eigenvalue weighted by Crippen LogP contribution is 2.17. The van der Waals surface area contributed by atoms with Crippen molar-refractivity contribution >= 4 is 10.0 Å². The van der Waals surface area contributed by atoms with Crippen molar-refractivity contribution in [2.45, 2.75) is 59.9 Å². The summed E-state index contributed by atoms with van der Waals surface area (Å²) in [6, 6.07) is 9.66. The minimum Gasteiger partial charge on any atom is -0.240 e. The maximum absolute atomic E-state index is 12.9. The maximum Gasteiger partial charge on any atom is 0.301 e. The Hall–Kier alpha value is -2.61. The van der Waals surface area contributed by atoms with Crippen LogP contribution in [0.15, 0.2) is 53.9 Å². The van der Waals surface area contributed by atoms with Crippen molar-refractivity contribution in [1.82, 2.24) is 19.2 Å². The summed E-state index contributed by atoms with van der Waals surface area (Å²) in [6.45, 7) is 14.0. The lowest BCUT2D eigenvalue weighted by atomic mass is 10.1. The predicted octanol–water partition coefficient (Wildman–Crippen LogP) is 5.36. The molecule has 0 spiro atoms. The van der Waals surface area contributed by atoms with Crippen LogP contribution in [0.3, 0.4) is 0 Å². The summed E-state index contributed by atoms with van der Waals surface area (Å²) in [5.74, 6) is -0.322. The molecule has 3 aromatic rings. The Morgan fingerprint density at radius 2 is 1.48 bits per heavy atom. The largest absolute Gasteiger partial charge is 0.301 e. The normalized spacial score (nSPS) is 9.79. The molecule has 6 nitrogen and oxygen atoms in total. The first-order valence-corrected chi connectivity index (χ1v) is 11.3. The maximum atomic E-state index is 12.9. The van der Waals surface area contributed by atoms with Gasteiger partial charge in [-0.2, -0.15) is 8.42 Å². The molecule has 0 saturated heterocycles. The van der Waals surface area contributed by atoms with Crippen LogP contribution in [0.1, 0.15) is 54.0 Å². The Balaban J connectivity index is 0.00000120. The van der Waals surface area contributed by atoms with E-state index in [1.165, 1.54) is 0 Å². The summed E-state index contributed by atoms with van der Waals surface area (Å²) < 4.78 is 38.3. The van der Waals surface area contributed by atoms with E-state index >= 15 is 0 Å². The van der Waals surface area contributed by atoms with E-state index in [1.54, 1.807) is 0 Å². The number of aromatic nitrogens is 4. The molecular formula is C21H31FN4O2S. The molecular weight excluding hydrogens is 391 g/mol. The fraction of sp³-hybridized carbons (Fsp3) is 0.381. The zero-order chi connectivity index (χ0) is 22.4. The van der Waals surface area contributed by atoms with Crippen molar-refractivity contribution in [3.63, 3.8) is 0 Å². The lowest BCUT2D eigenvalue weighted by Crippen LogP contribution is -2.15. The molecule has 0 radical (unpaired) electrons. The number of pyridine rings is 1. The van der Waals surface area contributed by atoms with Crippen LogP contribution < -0.4 is 0 Å². The van der Waals surface area contributed by atoms with Gasteiger partial charge in [0.05, 0.1) is 6.20 Å². The van der Waals surface area contributed by atoms with Crippen molar-refractivity contribution in [3.8, 4) is 11.4 Å². The van der Waals surface area contributed by atoms with E-state index in [9.17, 15) is 12.8 Å². The third kappa shape index (κ3) is 7.05. The third-order valence-corrected chi connectivity index (χ3v) is 4.74. The van der Waals surface area contributed by atoms with Gasteiger partial charge in [0, 0.05) is 5.56 Å². The van der Waals surface area contributed by atoms with E-state index < -0.39 is 15.8 Å². The Bertz CT molecular complexity index is 922. The Kier molecular flexibility index (Phi) is 12.3. The number of aryl methyl sites for hydroxylation is 1. The van der Waals surface area contributed by atoms with Crippen LogP contribution in [-0.2, 0) is 16.4 Å². The highest BCUT2D eigenvalue weighted by atomic mass is 32.2. The zero-order valence-electron chi connectivity index (χ0n) is 18.2. The van der Waals surface area contributed by atoms with E-state index in [4.69, 9.17) is 0 Å². The second kappa shape index (κ2) is 13.5. The van der Waals surface area contributed by atoms with E-state index in [2.05, 4.69) is 15.1 Å². The lowest BCUT2D eigenvalue weighted by molar-refractivity contribution is 0.573. The SMILES string of the molecule is CC.CC.CC.CCc1ccc(-c2ncn(S(=O)(=O)c3ccc(F)cn3)n2)cc1. The van der Waals surface area contributed by atoms with Crippen molar-refractivity contribution in [3.05, 3.63) is 60.3 Å². The molecule has 0 unspecified atom stereocenters. The molecule has 8 heteroatoms. The van der Waals surface area contributed by atoms with E-state index in [0.29, 0.717) is 11.4 Å². The molecule has 0 fully saturated rings. The highest BCUT2D eigenvalue weighted by Gasteiger charge is 2.20. The van der Waals surface area contributed by atoms with Gasteiger partial charge in [-0.05, 0) is 24.1 Å². The average molecular weight is 423 g/mol. The molecule has 0 bridgehead atoms. The van der Waals surface area contributed by atoms with Crippen molar-refractivity contribution < 1.29 is 12.8 Å². The number of nitrogens with zero attached hydrogens (tertiary/aromatic N) is 4. The van der Waals surface area contributed by atoms with Gasteiger partial charge in [-0.3, -0.25) is 0 Å². The van der Waals surface area contributed by atoms with Gasteiger partial charge >= 0.3 is 10.0 Å². The molecule has 1 aromatic carbocycles. The van der Waals surface area contributed by atoms with Crippen molar-refractivity contribution in [1.29, 1.82) is 0 Å². The van der Waals surface area contributed by atoms with Crippen LogP contribution in [0.2, 0.25) is 0 Å². The van der Waals surface area contributed by atoms with Crippen LogP contribution in [0, 0.1) is 5.82 Å². The molecule has 2 aromatic heterocycles. The van der Waals surface area contributed by atoms with Gasteiger partial charge in [0.1, 0.15) is 12.1 Å². The van der Waals surface area contributed by atoms with Gasteiger partial charge in [-0.15, -0.1) is 9.19 Å². The molecule has 160 valence electrons. The zero-order valence-corrected chi connectivity index (χ0v) is 19.0. The van der Waals surface area contributed by atoms with E-state index in [1.807, 2.05) is 72.7 Å². The minimum atomic E-state index is -3.99. The second-order valence-electron chi connectivity index (χ2n) is 4.81. The minimum absolute atomic E-state index is 0.290. The van der Waals surface area contributed by atoms with Crippen molar-refractivity contribution in [2.24, 2.45) is 0 Å². The summed E-state index contributed by atoms with van der Waals surface area (Å²) >= 11 is 0. The van der Waals surface area contributed by atoms with Gasteiger partial charge in [0.2, 0.25) is 0 Å². The van der Waals surface area contributed by atoms with Crippen LogP contribution in [-0.4, -0.2) is 27.6 Å². The average Bonchev–Trinajstić information content (AvgIpc) is 3.30. The molecule has 0 N–H and O–H groups in total. The molecule has 3 rings (SSSR count). The van der Waals surface area contributed by atoms with Crippen LogP contribution >= 0.6 is 0 Å². The van der Waals surface area contributed by atoms with Gasteiger partial charge < -0.3 is 0 Å². The Morgan fingerprint density at radius 1 is 0.897 bits per heavy atom. The fourth-order valence-electron chi connectivity index (χ4n) is 2.00. The smallest absolute Gasteiger partial charge is 0.240 e. The highest BCUT2D eigenvalue weighted by molar-refractivity contribution is 7.89. The quantitative estimate of drug-likeness (QED) is 0.566. The van der Waals surface area contributed by atoms with Gasteiger partial charge in [0.25, 0.3) is 0 Å². The molecule has 2 heterocycles. The van der Waals surface area contributed by atoms with E-state index in [0.717, 1.165) is 40.7 Å². The van der Waals surface area contributed by atoms with Gasteiger partial charge in [-0.25, -0.2) is 14.4 Å². The fourth-order valence-corrected chi connectivity index (χ4v) is 2.97. The summed E-state index contributed by atoms with van der Waals surface area (Å²) in [5.41, 5.74) is 1.87. The number of hydrogen-bond donors (Lipinski definition) is 0. The molecule has 0 aliphatic heterocycles. The van der Waals surface area contributed by atoms with Crippen LogP contribution in [0.25, 0.3) is 11.4 Å². The molecule has 0 aliphatic carbocycles. The van der Waals surface area contributed by atoms with Crippen LogP contribution in [0.4, 0.5) is 4.39 Å². The lowest BCUT2D eigenvalue weighted by Gasteiger charge is -2.02. The third-order valence-electron chi connectivity index (χ3n) is 3.30.